The van der Waals surface area contributed by atoms with Crippen molar-refractivity contribution < 1.29 is 4.74 Å². The third-order valence-electron chi connectivity index (χ3n) is 4.85. The first-order chi connectivity index (χ1) is 10.4. The molecule has 0 radical (unpaired) electrons. The van der Waals surface area contributed by atoms with Crippen LogP contribution in [0.3, 0.4) is 0 Å². The largest absolute Gasteiger partial charge is 0.379 e. The summed E-state index contributed by atoms with van der Waals surface area (Å²) in [6.45, 7) is 6.92. The number of rotatable bonds is 6. The van der Waals surface area contributed by atoms with Gasteiger partial charge in [0, 0.05) is 31.9 Å². The molecule has 2 aliphatic rings. The Kier molecular flexibility index (Phi) is 5.27. The lowest BCUT2D eigenvalue weighted by Crippen LogP contribution is -2.37. The summed E-state index contributed by atoms with van der Waals surface area (Å²) in [7, 11) is 0. The van der Waals surface area contributed by atoms with Crippen molar-refractivity contribution in [3.63, 3.8) is 0 Å². The van der Waals surface area contributed by atoms with Crippen LogP contribution in [-0.4, -0.2) is 54.1 Å². The number of ether oxygens (including phenoxy) is 1. The number of hydrogen-bond donors (Lipinski definition) is 1. The molecular weight excluding hydrogens is 264 g/mol. The summed E-state index contributed by atoms with van der Waals surface area (Å²) in [6, 6.07) is 0. The molecule has 1 aromatic heterocycles. The Bertz CT molecular complexity index is 439. The van der Waals surface area contributed by atoms with Gasteiger partial charge in [-0.25, -0.2) is 0 Å². The van der Waals surface area contributed by atoms with Crippen LogP contribution < -0.4 is 5.73 Å². The quantitative estimate of drug-likeness (QED) is 0.860. The van der Waals surface area contributed by atoms with Gasteiger partial charge in [0.25, 0.3) is 0 Å². The van der Waals surface area contributed by atoms with E-state index in [1.807, 2.05) is 0 Å². The molecule has 1 saturated heterocycles. The molecule has 0 spiro atoms. The van der Waals surface area contributed by atoms with Crippen molar-refractivity contribution in [3.8, 4) is 0 Å². The van der Waals surface area contributed by atoms with Crippen molar-refractivity contribution in [2.45, 2.75) is 44.6 Å². The van der Waals surface area contributed by atoms with E-state index >= 15 is 0 Å². The van der Waals surface area contributed by atoms with Crippen LogP contribution in [0.5, 0.6) is 0 Å². The van der Waals surface area contributed by atoms with E-state index in [0.29, 0.717) is 5.92 Å². The zero-order chi connectivity index (χ0) is 14.5. The zero-order valence-electron chi connectivity index (χ0n) is 13.0. The second-order valence-electron chi connectivity index (χ2n) is 6.24. The highest BCUT2D eigenvalue weighted by molar-refractivity contribution is 5.25. The third kappa shape index (κ3) is 3.65. The first-order valence-corrected chi connectivity index (χ1v) is 8.43. The van der Waals surface area contributed by atoms with Gasteiger partial charge in [-0.3, -0.25) is 9.58 Å². The SMILES string of the molecule is NCCC1CCCc2c1cnn2CCCN1CCOCC1. The number of aromatic nitrogens is 2. The average Bonchev–Trinajstić information content (AvgIpc) is 2.93. The van der Waals surface area contributed by atoms with Gasteiger partial charge < -0.3 is 10.5 Å². The van der Waals surface area contributed by atoms with E-state index in [1.54, 1.807) is 0 Å². The Morgan fingerprint density at radius 1 is 1.29 bits per heavy atom. The molecule has 1 atom stereocenters. The van der Waals surface area contributed by atoms with Crippen LogP contribution in [0.2, 0.25) is 0 Å². The van der Waals surface area contributed by atoms with Crippen LogP contribution in [0.1, 0.15) is 42.9 Å². The van der Waals surface area contributed by atoms with Gasteiger partial charge in [-0.05, 0) is 50.1 Å². The minimum Gasteiger partial charge on any atom is -0.379 e. The average molecular weight is 292 g/mol. The minimum atomic E-state index is 0.645. The van der Waals surface area contributed by atoms with Gasteiger partial charge in [0.05, 0.1) is 19.4 Å². The molecule has 5 heteroatoms. The number of morpholine rings is 1. The summed E-state index contributed by atoms with van der Waals surface area (Å²) in [5.74, 6) is 0.645. The normalized spacial score (nSPS) is 23.2. The van der Waals surface area contributed by atoms with E-state index in [-0.39, 0.29) is 0 Å². The predicted octanol–water partition coefficient (Wildman–Crippen LogP) is 1.37. The molecule has 1 fully saturated rings. The highest BCUT2D eigenvalue weighted by atomic mass is 16.5. The molecule has 21 heavy (non-hydrogen) atoms. The Hall–Kier alpha value is -0.910. The van der Waals surface area contributed by atoms with Crippen molar-refractivity contribution in [2.24, 2.45) is 5.73 Å². The third-order valence-corrected chi connectivity index (χ3v) is 4.85. The number of nitrogens with two attached hydrogens (primary N) is 1. The second kappa shape index (κ2) is 7.38. The summed E-state index contributed by atoms with van der Waals surface area (Å²) >= 11 is 0. The van der Waals surface area contributed by atoms with E-state index in [9.17, 15) is 0 Å². The van der Waals surface area contributed by atoms with E-state index in [2.05, 4.69) is 20.9 Å². The molecule has 1 unspecified atom stereocenters. The smallest absolute Gasteiger partial charge is 0.0594 e. The van der Waals surface area contributed by atoms with Gasteiger partial charge in [-0.2, -0.15) is 5.10 Å². The van der Waals surface area contributed by atoms with E-state index in [1.165, 1.54) is 36.9 Å². The van der Waals surface area contributed by atoms with Crippen molar-refractivity contribution in [3.05, 3.63) is 17.5 Å². The van der Waals surface area contributed by atoms with Crippen LogP contribution in [0.4, 0.5) is 0 Å². The number of fused-ring (bicyclic) bond motifs is 1. The number of nitrogens with zero attached hydrogens (tertiary/aromatic N) is 3. The van der Waals surface area contributed by atoms with Gasteiger partial charge >= 0.3 is 0 Å². The monoisotopic (exact) mass is 292 g/mol. The Morgan fingerprint density at radius 3 is 2.95 bits per heavy atom. The first-order valence-electron chi connectivity index (χ1n) is 8.43. The van der Waals surface area contributed by atoms with Crippen LogP contribution >= 0.6 is 0 Å². The van der Waals surface area contributed by atoms with Crippen molar-refractivity contribution >= 4 is 0 Å². The van der Waals surface area contributed by atoms with E-state index < -0.39 is 0 Å². The molecule has 5 nitrogen and oxygen atoms in total. The van der Waals surface area contributed by atoms with Crippen molar-refractivity contribution in [1.82, 2.24) is 14.7 Å². The lowest BCUT2D eigenvalue weighted by molar-refractivity contribution is 0.0368. The highest BCUT2D eigenvalue weighted by Crippen LogP contribution is 2.33. The summed E-state index contributed by atoms with van der Waals surface area (Å²) in [5, 5.41) is 4.65. The summed E-state index contributed by atoms with van der Waals surface area (Å²) < 4.78 is 7.64. The fraction of sp³-hybridized carbons (Fsp3) is 0.812. The van der Waals surface area contributed by atoms with Gasteiger partial charge in [0.15, 0.2) is 0 Å². The lowest BCUT2D eigenvalue weighted by atomic mass is 9.85. The topological polar surface area (TPSA) is 56.3 Å². The molecule has 0 bridgehead atoms. The summed E-state index contributed by atoms with van der Waals surface area (Å²) in [5.41, 5.74) is 8.69. The highest BCUT2D eigenvalue weighted by Gasteiger charge is 2.23. The fourth-order valence-corrected chi connectivity index (χ4v) is 3.67. The van der Waals surface area contributed by atoms with Gasteiger partial charge in [0.1, 0.15) is 0 Å². The van der Waals surface area contributed by atoms with Gasteiger partial charge in [-0.15, -0.1) is 0 Å². The molecule has 1 aliphatic carbocycles. The molecule has 1 aromatic rings. The molecule has 0 saturated carbocycles. The maximum atomic E-state index is 5.74. The van der Waals surface area contributed by atoms with Crippen LogP contribution in [0, 0.1) is 0 Å². The van der Waals surface area contributed by atoms with Crippen molar-refractivity contribution in [2.75, 3.05) is 39.4 Å². The number of aryl methyl sites for hydroxylation is 1. The zero-order valence-corrected chi connectivity index (χ0v) is 13.0. The van der Waals surface area contributed by atoms with Crippen LogP contribution in [-0.2, 0) is 17.7 Å². The predicted molar refractivity (Wildman–Crippen MR) is 83.5 cm³/mol. The van der Waals surface area contributed by atoms with E-state index in [4.69, 9.17) is 10.5 Å². The van der Waals surface area contributed by atoms with Crippen LogP contribution in [0.15, 0.2) is 6.20 Å². The standard InChI is InChI=1S/C16H28N4O/c17-6-5-14-3-1-4-16-15(14)13-18-20(16)8-2-7-19-9-11-21-12-10-19/h13-14H,1-12,17H2. The maximum absolute atomic E-state index is 5.74. The van der Waals surface area contributed by atoms with Crippen LogP contribution in [0.25, 0.3) is 0 Å². The maximum Gasteiger partial charge on any atom is 0.0594 e. The fourth-order valence-electron chi connectivity index (χ4n) is 3.67. The molecule has 0 amide bonds. The minimum absolute atomic E-state index is 0.645. The summed E-state index contributed by atoms with van der Waals surface area (Å²) in [6.07, 6.45) is 8.14. The Balaban J connectivity index is 1.54. The van der Waals surface area contributed by atoms with Gasteiger partial charge in [0.2, 0.25) is 0 Å². The molecule has 2 heterocycles. The molecule has 3 rings (SSSR count). The Morgan fingerprint density at radius 2 is 2.14 bits per heavy atom. The Labute approximate surface area is 127 Å². The van der Waals surface area contributed by atoms with E-state index in [0.717, 1.165) is 52.4 Å². The molecule has 2 N–H and O–H groups in total. The molecular formula is C16H28N4O. The molecule has 1 aliphatic heterocycles. The molecule has 118 valence electrons. The lowest BCUT2D eigenvalue weighted by Gasteiger charge is -2.26. The molecule has 0 aromatic carbocycles. The summed E-state index contributed by atoms with van der Waals surface area (Å²) in [4.78, 5) is 2.50. The number of hydrogen-bond acceptors (Lipinski definition) is 4. The first kappa shape index (κ1) is 15.0. The van der Waals surface area contributed by atoms with Gasteiger partial charge in [-0.1, -0.05) is 0 Å². The second-order valence-corrected chi connectivity index (χ2v) is 6.24. The van der Waals surface area contributed by atoms with Crippen molar-refractivity contribution in [1.29, 1.82) is 0 Å².